The summed E-state index contributed by atoms with van der Waals surface area (Å²) in [7, 11) is 0. The van der Waals surface area contributed by atoms with Crippen molar-refractivity contribution in [2.45, 2.75) is 26.6 Å². The Balaban J connectivity index is 2.33. The van der Waals surface area contributed by atoms with Crippen LogP contribution in [0.3, 0.4) is 0 Å². The van der Waals surface area contributed by atoms with Crippen molar-refractivity contribution in [1.29, 1.82) is 0 Å². The first-order valence-corrected chi connectivity index (χ1v) is 7.27. The van der Waals surface area contributed by atoms with Crippen molar-refractivity contribution >= 4 is 23.4 Å². The molecule has 4 nitrogen and oxygen atoms in total. The standard InChI is InChI=1S/C18H15ClO4/c1-12(20)15(16-11-17(21)23-18(2,3)22-16)9-5-7-13-6-4-8-14(19)10-13/h4,6,8-11H,1-3H3/b15-9-. The quantitative estimate of drug-likeness (QED) is 0.474. The molecule has 0 spiro atoms. The van der Waals surface area contributed by atoms with E-state index in [2.05, 4.69) is 11.8 Å². The third-order valence-corrected chi connectivity index (χ3v) is 3.09. The summed E-state index contributed by atoms with van der Waals surface area (Å²) >= 11 is 5.89. The predicted molar refractivity (Wildman–Crippen MR) is 86.4 cm³/mol. The molecule has 0 fully saturated rings. The number of carbonyl (C=O) groups excluding carboxylic acids is 2. The first-order chi connectivity index (χ1) is 10.8. The largest absolute Gasteiger partial charge is 0.452 e. The number of Topliss-reactive ketones (excluding diaryl/α,β-unsaturated/α-hetero) is 1. The SMILES string of the molecule is CC(=O)/C(=C/C#Cc1cccc(Cl)c1)C1=CC(=O)OC(C)(C)O1. The van der Waals surface area contributed by atoms with Gasteiger partial charge in [0, 0.05) is 30.5 Å². The second-order valence-electron chi connectivity index (χ2n) is 5.33. The number of ketones is 1. The topological polar surface area (TPSA) is 52.6 Å². The van der Waals surface area contributed by atoms with Crippen LogP contribution in [0.4, 0.5) is 0 Å². The maximum absolute atomic E-state index is 11.8. The van der Waals surface area contributed by atoms with E-state index in [9.17, 15) is 9.59 Å². The molecule has 118 valence electrons. The van der Waals surface area contributed by atoms with Gasteiger partial charge in [0.15, 0.2) is 5.78 Å². The first kappa shape index (κ1) is 16.9. The fraction of sp³-hybridized carbons (Fsp3) is 0.222. The Morgan fingerprint density at radius 1 is 1.30 bits per heavy atom. The molecule has 0 unspecified atom stereocenters. The molecule has 0 aromatic heterocycles. The van der Waals surface area contributed by atoms with Gasteiger partial charge in [0.1, 0.15) is 5.76 Å². The van der Waals surface area contributed by atoms with Crippen LogP contribution in [0.1, 0.15) is 26.3 Å². The van der Waals surface area contributed by atoms with Crippen molar-refractivity contribution in [2.75, 3.05) is 0 Å². The van der Waals surface area contributed by atoms with Crippen LogP contribution >= 0.6 is 11.6 Å². The van der Waals surface area contributed by atoms with Gasteiger partial charge < -0.3 is 9.47 Å². The average molecular weight is 331 g/mol. The zero-order valence-electron chi connectivity index (χ0n) is 13.0. The highest BCUT2D eigenvalue weighted by Crippen LogP contribution is 2.26. The number of allylic oxidation sites excluding steroid dienone is 2. The molecular formula is C18H15ClO4. The minimum Gasteiger partial charge on any atom is -0.452 e. The molecule has 0 saturated carbocycles. The van der Waals surface area contributed by atoms with Gasteiger partial charge in [-0.25, -0.2) is 4.79 Å². The Kier molecular flexibility index (Phi) is 4.92. The molecule has 5 heteroatoms. The fourth-order valence-electron chi connectivity index (χ4n) is 1.93. The van der Waals surface area contributed by atoms with Crippen molar-refractivity contribution in [3.05, 3.63) is 58.3 Å². The number of benzene rings is 1. The zero-order valence-corrected chi connectivity index (χ0v) is 13.7. The number of cyclic esters (lactones) is 1. The highest BCUT2D eigenvalue weighted by Gasteiger charge is 2.32. The Labute approximate surface area is 139 Å². The summed E-state index contributed by atoms with van der Waals surface area (Å²) in [6.45, 7) is 4.56. The lowest BCUT2D eigenvalue weighted by Gasteiger charge is -2.30. The summed E-state index contributed by atoms with van der Waals surface area (Å²) < 4.78 is 10.5. The molecule has 23 heavy (non-hydrogen) atoms. The van der Waals surface area contributed by atoms with Gasteiger partial charge in [0.05, 0.1) is 11.6 Å². The van der Waals surface area contributed by atoms with E-state index in [1.54, 1.807) is 38.1 Å². The maximum atomic E-state index is 11.8. The van der Waals surface area contributed by atoms with Crippen LogP contribution in [0.5, 0.6) is 0 Å². The number of carbonyl (C=O) groups is 2. The minimum absolute atomic E-state index is 0.152. The Hall–Kier alpha value is -2.51. The molecule has 0 atom stereocenters. The van der Waals surface area contributed by atoms with Crippen LogP contribution in [0.25, 0.3) is 0 Å². The third kappa shape index (κ3) is 4.73. The van der Waals surface area contributed by atoms with E-state index in [-0.39, 0.29) is 17.1 Å². The molecule has 1 aromatic rings. The molecule has 0 saturated heterocycles. The van der Waals surface area contributed by atoms with Crippen LogP contribution in [0.2, 0.25) is 5.02 Å². The number of halogens is 1. The summed E-state index contributed by atoms with van der Waals surface area (Å²) in [5.41, 5.74) is 0.930. The Morgan fingerprint density at radius 2 is 2.04 bits per heavy atom. The van der Waals surface area contributed by atoms with E-state index in [0.717, 1.165) is 11.6 Å². The van der Waals surface area contributed by atoms with E-state index in [1.807, 2.05) is 0 Å². The molecule has 0 bridgehead atoms. The van der Waals surface area contributed by atoms with Crippen molar-refractivity contribution < 1.29 is 19.1 Å². The van der Waals surface area contributed by atoms with Gasteiger partial charge in [0.25, 0.3) is 0 Å². The number of esters is 1. The third-order valence-electron chi connectivity index (χ3n) is 2.85. The molecule has 0 aliphatic carbocycles. The van der Waals surface area contributed by atoms with Gasteiger partial charge in [-0.15, -0.1) is 0 Å². The second-order valence-corrected chi connectivity index (χ2v) is 5.76. The molecule has 1 heterocycles. The molecule has 2 rings (SSSR count). The van der Waals surface area contributed by atoms with Crippen molar-refractivity contribution in [1.82, 2.24) is 0 Å². The molecular weight excluding hydrogens is 316 g/mol. The summed E-state index contributed by atoms with van der Waals surface area (Å²) in [6, 6.07) is 7.05. The van der Waals surface area contributed by atoms with E-state index >= 15 is 0 Å². The molecule has 1 aromatic carbocycles. The van der Waals surface area contributed by atoms with Crippen LogP contribution in [0, 0.1) is 11.8 Å². The lowest BCUT2D eigenvalue weighted by molar-refractivity contribution is -0.203. The maximum Gasteiger partial charge on any atom is 0.337 e. The van der Waals surface area contributed by atoms with E-state index in [0.29, 0.717) is 5.02 Å². The number of ether oxygens (including phenoxy) is 2. The highest BCUT2D eigenvalue weighted by atomic mass is 35.5. The van der Waals surface area contributed by atoms with Crippen LogP contribution in [0.15, 0.2) is 47.7 Å². The monoisotopic (exact) mass is 330 g/mol. The van der Waals surface area contributed by atoms with Gasteiger partial charge in [-0.3, -0.25) is 4.79 Å². The molecule has 1 aliphatic rings. The summed E-state index contributed by atoms with van der Waals surface area (Å²) in [5, 5.41) is 0.579. The summed E-state index contributed by atoms with van der Waals surface area (Å²) in [5.74, 6) is 3.86. The van der Waals surface area contributed by atoms with Crippen molar-refractivity contribution in [3.63, 3.8) is 0 Å². The fourth-order valence-corrected chi connectivity index (χ4v) is 2.12. The molecule has 0 N–H and O–H groups in total. The average Bonchev–Trinajstić information content (AvgIpc) is 2.41. The van der Waals surface area contributed by atoms with Crippen molar-refractivity contribution in [2.24, 2.45) is 0 Å². The van der Waals surface area contributed by atoms with E-state index < -0.39 is 11.8 Å². The van der Waals surface area contributed by atoms with Crippen LogP contribution in [-0.2, 0) is 19.1 Å². The Bertz CT molecular complexity index is 776. The molecule has 0 amide bonds. The lowest BCUT2D eigenvalue weighted by Crippen LogP contribution is -2.35. The first-order valence-electron chi connectivity index (χ1n) is 6.89. The summed E-state index contributed by atoms with van der Waals surface area (Å²) in [6.07, 6.45) is 2.56. The normalized spacial score (nSPS) is 16.4. The van der Waals surface area contributed by atoms with Gasteiger partial charge >= 0.3 is 5.97 Å². The molecule has 0 radical (unpaired) electrons. The van der Waals surface area contributed by atoms with Gasteiger partial charge in [-0.1, -0.05) is 29.5 Å². The van der Waals surface area contributed by atoms with E-state index in [1.165, 1.54) is 13.0 Å². The number of hydrogen-bond acceptors (Lipinski definition) is 4. The minimum atomic E-state index is -1.13. The number of hydrogen-bond donors (Lipinski definition) is 0. The Morgan fingerprint density at radius 3 is 2.65 bits per heavy atom. The highest BCUT2D eigenvalue weighted by molar-refractivity contribution is 6.30. The zero-order chi connectivity index (χ0) is 17.0. The number of rotatable bonds is 2. The van der Waals surface area contributed by atoms with E-state index in [4.69, 9.17) is 21.1 Å². The van der Waals surface area contributed by atoms with Crippen LogP contribution < -0.4 is 0 Å². The van der Waals surface area contributed by atoms with Crippen LogP contribution in [-0.4, -0.2) is 17.5 Å². The second kappa shape index (κ2) is 6.72. The van der Waals surface area contributed by atoms with Crippen molar-refractivity contribution in [3.8, 4) is 11.8 Å². The predicted octanol–water partition coefficient (Wildman–Crippen LogP) is 3.40. The molecule has 1 aliphatic heterocycles. The van der Waals surface area contributed by atoms with Gasteiger partial charge in [-0.05, 0) is 25.1 Å². The lowest BCUT2D eigenvalue weighted by atomic mass is 10.1. The summed E-state index contributed by atoms with van der Waals surface area (Å²) in [4.78, 5) is 23.4. The smallest absolute Gasteiger partial charge is 0.337 e. The van der Waals surface area contributed by atoms with Gasteiger partial charge in [0.2, 0.25) is 5.79 Å². The van der Waals surface area contributed by atoms with Gasteiger partial charge in [-0.2, -0.15) is 0 Å².